The number of hydrazine groups is 1. The summed E-state index contributed by atoms with van der Waals surface area (Å²) in [5, 5.41) is 12.0. The minimum absolute atomic E-state index is 0.0140. The summed E-state index contributed by atoms with van der Waals surface area (Å²) >= 11 is 2.75. The van der Waals surface area contributed by atoms with Gasteiger partial charge in [0.05, 0.1) is 10.6 Å². The molecule has 9 nitrogen and oxygen atoms in total. The van der Waals surface area contributed by atoms with E-state index < -0.39 is 5.91 Å². The summed E-state index contributed by atoms with van der Waals surface area (Å²) < 4.78 is 1.88. The fourth-order valence-electron chi connectivity index (χ4n) is 3.15. The second-order valence-corrected chi connectivity index (χ2v) is 8.69. The molecule has 0 atom stereocenters. The van der Waals surface area contributed by atoms with Gasteiger partial charge in [-0.25, -0.2) is 5.01 Å². The highest BCUT2D eigenvalue weighted by Gasteiger charge is 2.32. The molecule has 3 heterocycles. The number of thioether (sulfide) groups is 1. The first-order chi connectivity index (χ1) is 15.6. The third-order valence-corrected chi connectivity index (χ3v) is 6.45. The lowest BCUT2D eigenvalue weighted by Crippen LogP contribution is -2.59. The number of carbonyl (C=O) groups excluding carboxylic acids is 3. The van der Waals surface area contributed by atoms with Crippen LogP contribution in [0.5, 0.6) is 0 Å². The third kappa shape index (κ3) is 4.73. The van der Waals surface area contributed by atoms with Gasteiger partial charge in [0.15, 0.2) is 11.0 Å². The number of aromatic nitrogens is 3. The Morgan fingerprint density at radius 2 is 1.94 bits per heavy atom. The molecule has 2 aromatic heterocycles. The van der Waals surface area contributed by atoms with E-state index in [9.17, 15) is 14.4 Å². The van der Waals surface area contributed by atoms with Crippen LogP contribution < -0.4 is 10.3 Å². The van der Waals surface area contributed by atoms with Crippen molar-refractivity contribution in [3.63, 3.8) is 0 Å². The number of para-hydroxylation sites is 1. The van der Waals surface area contributed by atoms with Crippen molar-refractivity contribution >= 4 is 46.5 Å². The number of thiophene rings is 1. The molecule has 0 bridgehead atoms. The Morgan fingerprint density at radius 1 is 1.12 bits per heavy atom. The molecular weight excluding hydrogens is 448 g/mol. The zero-order valence-electron chi connectivity index (χ0n) is 17.0. The molecule has 1 saturated heterocycles. The molecule has 0 unspecified atom stereocenters. The normalized spacial score (nSPS) is 14.0. The number of hydrogen-bond acceptors (Lipinski definition) is 7. The summed E-state index contributed by atoms with van der Waals surface area (Å²) in [7, 11) is 0. The van der Waals surface area contributed by atoms with E-state index >= 15 is 0 Å². The lowest BCUT2D eigenvalue weighted by Gasteiger charge is -2.33. The van der Waals surface area contributed by atoms with Crippen LogP contribution in [0.15, 0.2) is 65.7 Å². The van der Waals surface area contributed by atoms with Gasteiger partial charge in [0, 0.05) is 12.2 Å². The quantitative estimate of drug-likeness (QED) is 0.402. The van der Waals surface area contributed by atoms with Gasteiger partial charge in [-0.1, -0.05) is 42.1 Å². The van der Waals surface area contributed by atoms with Gasteiger partial charge in [0.2, 0.25) is 11.8 Å². The van der Waals surface area contributed by atoms with Gasteiger partial charge >= 0.3 is 0 Å². The predicted octanol–water partition coefficient (Wildman–Crippen LogP) is 2.19. The number of anilines is 1. The molecule has 11 heteroatoms. The van der Waals surface area contributed by atoms with Gasteiger partial charge in [0.1, 0.15) is 13.1 Å². The van der Waals surface area contributed by atoms with Gasteiger partial charge in [-0.2, -0.15) is 0 Å². The highest BCUT2D eigenvalue weighted by molar-refractivity contribution is 7.99. The molecule has 164 valence electrons. The molecule has 0 spiro atoms. The summed E-state index contributed by atoms with van der Waals surface area (Å²) in [4.78, 5) is 39.8. The maximum absolute atomic E-state index is 12.5. The van der Waals surface area contributed by atoms with Crippen molar-refractivity contribution in [1.29, 1.82) is 0 Å². The summed E-state index contributed by atoms with van der Waals surface area (Å²) in [5.74, 6) is -0.312. The number of benzene rings is 1. The van der Waals surface area contributed by atoms with Crippen LogP contribution >= 0.6 is 23.1 Å². The van der Waals surface area contributed by atoms with Crippen LogP contribution in [0.1, 0.15) is 0 Å². The zero-order valence-corrected chi connectivity index (χ0v) is 18.6. The average molecular weight is 469 g/mol. The Labute approximate surface area is 192 Å². The Bertz CT molecular complexity index is 1130. The molecule has 1 N–H and O–H groups in total. The number of rotatable bonds is 8. The van der Waals surface area contributed by atoms with E-state index in [0.29, 0.717) is 23.2 Å². The number of allylic oxidation sites excluding steroid dienone is 1. The number of amides is 3. The average Bonchev–Trinajstić information content (AvgIpc) is 3.45. The van der Waals surface area contributed by atoms with Crippen molar-refractivity contribution in [2.45, 2.75) is 11.7 Å². The van der Waals surface area contributed by atoms with Crippen molar-refractivity contribution in [2.24, 2.45) is 0 Å². The van der Waals surface area contributed by atoms with Crippen molar-refractivity contribution in [3.05, 3.63) is 60.5 Å². The second kappa shape index (κ2) is 9.79. The smallest absolute Gasteiger partial charge is 0.261 e. The Hall–Kier alpha value is -3.44. The largest absolute Gasteiger partial charge is 0.301 e. The Kier molecular flexibility index (Phi) is 6.66. The van der Waals surface area contributed by atoms with E-state index in [-0.39, 0.29) is 30.7 Å². The molecule has 4 rings (SSSR count). The maximum Gasteiger partial charge on any atom is 0.261 e. The minimum atomic E-state index is -0.407. The highest BCUT2D eigenvalue weighted by atomic mass is 32.2. The summed E-state index contributed by atoms with van der Waals surface area (Å²) in [6.07, 6.45) is 1.74. The first-order valence-corrected chi connectivity index (χ1v) is 11.6. The Balaban J connectivity index is 1.36. The van der Waals surface area contributed by atoms with Crippen molar-refractivity contribution in [2.75, 3.05) is 23.7 Å². The van der Waals surface area contributed by atoms with E-state index in [1.165, 1.54) is 16.7 Å². The number of nitrogens with one attached hydrogen (secondary N) is 1. The van der Waals surface area contributed by atoms with Crippen LogP contribution in [0.2, 0.25) is 0 Å². The van der Waals surface area contributed by atoms with Gasteiger partial charge < -0.3 is 4.90 Å². The second-order valence-electron chi connectivity index (χ2n) is 6.80. The lowest BCUT2D eigenvalue weighted by molar-refractivity contribution is -0.145. The van der Waals surface area contributed by atoms with Crippen molar-refractivity contribution in [1.82, 2.24) is 25.2 Å². The first kappa shape index (κ1) is 21.8. The molecular formula is C21H20N6O3S2. The van der Waals surface area contributed by atoms with Gasteiger partial charge in [-0.15, -0.1) is 28.1 Å². The van der Waals surface area contributed by atoms with Crippen LogP contribution in [0.25, 0.3) is 10.7 Å². The SMILES string of the molecule is C=CCn1c(SCC(=O)NN2CC(=O)N(c3ccccc3)CC2=O)nnc1-c1cccs1. The molecule has 3 amide bonds. The van der Waals surface area contributed by atoms with Crippen LogP contribution in [0.4, 0.5) is 5.69 Å². The van der Waals surface area contributed by atoms with Gasteiger partial charge in [-0.3, -0.25) is 24.4 Å². The molecule has 1 fully saturated rings. The van der Waals surface area contributed by atoms with E-state index in [0.717, 1.165) is 9.89 Å². The van der Waals surface area contributed by atoms with E-state index in [4.69, 9.17) is 0 Å². The fraction of sp³-hybridized carbons (Fsp3) is 0.190. The van der Waals surface area contributed by atoms with Crippen LogP contribution in [-0.2, 0) is 20.9 Å². The van der Waals surface area contributed by atoms with E-state index in [1.807, 2.05) is 28.1 Å². The van der Waals surface area contributed by atoms with E-state index in [2.05, 4.69) is 22.2 Å². The molecule has 1 aromatic carbocycles. The van der Waals surface area contributed by atoms with Crippen LogP contribution in [0, 0.1) is 0 Å². The number of nitrogens with zero attached hydrogens (tertiary/aromatic N) is 5. The number of hydrogen-bond donors (Lipinski definition) is 1. The predicted molar refractivity (Wildman–Crippen MR) is 123 cm³/mol. The highest BCUT2D eigenvalue weighted by Crippen LogP contribution is 2.27. The number of piperazine rings is 1. The summed E-state index contributed by atoms with van der Waals surface area (Å²) in [6.45, 7) is 3.92. The standard InChI is InChI=1S/C21H20N6O3S2/c1-2-10-25-20(16-9-6-11-31-16)22-23-21(25)32-14-17(28)24-27-13-18(29)26(12-19(27)30)15-7-4-3-5-8-15/h2-9,11H,1,10,12-14H2,(H,24,28). The number of carbonyl (C=O) groups is 3. The van der Waals surface area contributed by atoms with Crippen molar-refractivity contribution < 1.29 is 14.4 Å². The molecule has 0 radical (unpaired) electrons. The minimum Gasteiger partial charge on any atom is -0.301 e. The van der Waals surface area contributed by atoms with Crippen LogP contribution in [-0.4, -0.2) is 56.3 Å². The van der Waals surface area contributed by atoms with E-state index in [1.54, 1.807) is 41.7 Å². The zero-order chi connectivity index (χ0) is 22.5. The lowest BCUT2D eigenvalue weighted by atomic mass is 10.2. The van der Waals surface area contributed by atoms with Crippen molar-refractivity contribution in [3.8, 4) is 10.7 Å². The molecule has 1 aliphatic heterocycles. The van der Waals surface area contributed by atoms with Gasteiger partial charge in [-0.05, 0) is 23.6 Å². The summed E-state index contributed by atoms with van der Waals surface area (Å²) in [5.41, 5.74) is 3.18. The maximum atomic E-state index is 12.5. The first-order valence-electron chi connectivity index (χ1n) is 9.73. The monoisotopic (exact) mass is 468 g/mol. The molecule has 3 aromatic rings. The molecule has 1 aliphatic rings. The molecule has 0 saturated carbocycles. The Morgan fingerprint density at radius 3 is 2.66 bits per heavy atom. The molecule has 32 heavy (non-hydrogen) atoms. The topological polar surface area (TPSA) is 100 Å². The third-order valence-electron chi connectivity index (χ3n) is 4.62. The molecule has 0 aliphatic carbocycles. The summed E-state index contributed by atoms with van der Waals surface area (Å²) in [6, 6.07) is 12.8. The van der Waals surface area contributed by atoms with Crippen LogP contribution in [0.3, 0.4) is 0 Å². The van der Waals surface area contributed by atoms with Gasteiger partial charge in [0.25, 0.3) is 5.91 Å². The fourth-order valence-corrected chi connectivity index (χ4v) is 4.61.